The molecule has 4 rings (SSSR count). The maximum absolute atomic E-state index is 12.2. The molecule has 28 heavy (non-hydrogen) atoms. The van der Waals surface area contributed by atoms with Crippen LogP contribution in [-0.4, -0.2) is 73.1 Å². The van der Waals surface area contributed by atoms with Crippen molar-refractivity contribution < 1.29 is 19.4 Å². The maximum atomic E-state index is 12.2. The Labute approximate surface area is 169 Å². The molecule has 0 unspecified atom stereocenters. The Morgan fingerprint density at radius 2 is 1.82 bits per heavy atom. The largest absolute Gasteiger partial charge is 0.389 e. The number of carbonyl (C=O) groups is 1. The van der Waals surface area contributed by atoms with Gasteiger partial charge in [-0.25, -0.2) is 0 Å². The van der Waals surface area contributed by atoms with Crippen LogP contribution in [0, 0.1) is 11.8 Å². The maximum Gasteiger partial charge on any atom is 0.222 e. The summed E-state index contributed by atoms with van der Waals surface area (Å²) in [4.78, 5) is 14.7. The van der Waals surface area contributed by atoms with E-state index < -0.39 is 6.10 Å². The van der Waals surface area contributed by atoms with Gasteiger partial charge in [-0.15, -0.1) is 0 Å². The number of nitrogens with one attached hydrogen (secondary N) is 1. The minimum atomic E-state index is -0.421. The summed E-state index contributed by atoms with van der Waals surface area (Å²) in [7, 11) is 0. The minimum Gasteiger partial charge on any atom is -0.389 e. The first-order valence-corrected chi connectivity index (χ1v) is 11.6. The lowest BCUT2D eigenvalue weighted by molar-refractivity contribution is -0.158. The van der Waals surface area contributed by atoms with E-state index in [1.807, 2.05) is 0 Å². The summed E-state index contributed by atoms with van der Waals surface area (Å²) in [6.07, 6.45) is 11.1. The average Bonchev–Trinajstić information content (AvgIpc) is 3.50. The van der Waals surface area contributed by atoms with Crippen molar-refractivity contribution in [1.82, 2.24) is 10.2 Å². The van der Waals surface area contributed by atoms with Gasteiger partial charge in [0.05, 0.1) is 37.9 Å². The van der Waals surface area contributed by atoms with Gasteiger partial charge in [0.15, 0.2) is 0 Å². The first-order valence-electron chi connectivity index (χ1n) is 11.6. The van der Waals surface area contributed by atoms with Crippen LogP contribution in [-0.2, 0) is 14.3 Å². The molecule has 0 radical (unpaired) electrons. The highest BCUT2D eigenvalue weighted by Crippen LogP contribution is 2.31. The quantitative estimate of drug-likeness (QED) is 0.722. The monoisotopic (exact) mass is 394 g/mol. The number of nitrogens with zero attached hydrogens (tertiary/aromatic N) is 1. The van der Waals surface area contributed by atoms with Crippen molar-refractivity contribution in [2.45, 2.75) is 88.6 Å². The number of aliphatic hydroxyl groups excluding tert-OH is 1. The van der Waals surface area contributed by atoms with E-state index in [-0.39, 0.29) is 18.1 Å². The molecule has 4 fully saturated rings. The van der Waals surface area contributed by atoms with Crippen molar-refractivity contribution in [3.63, 3.8) is 0 Å². The van der Waals surface area contributed by atoms with E-state index in [4.69, 9.17) is 9.47 Å². The predicted octanol–water partition coefficient (Wildman–Crippen LogP) is 2.09. The van der Waals surface area contributed by atoms with E-state index >= 15 is 0 Å². The van der Waals surface area contributed by atoms with Gasteiger partial charge >= 0.3 is 0 Å². The van der Waals surface area contributed by atoms with Crippen molar-refractivity contribution in [3.05, 3.63) is 0 Å². The Balaban J connectivity index is 1.32. The standard InChI is InChI=1S/C22H38N2O4/c25-18-13-24(12-17-4-2-1-3-5-17)20-9-8-19(28-21(20)15-27-14-18)10-22(26)23-11-16-6-7-16/h16-21,25H,1-15H2,(H,23,26)/t18-,19-,20+,21-/m1/s1. The number of β-amino-alcohol motifs (C(OH)–C–C–N with tert-alkyl or cyclic N) is 1. The lowest BCUT2D eigenvalue weighted by atomic mass is 9.87. The lowest BCUT2D eigenvalue weighted by Gasteiger charge is -2.45. The van der Waals surface area contributed by atoms with Gasteiger partial charge < -0.3 is 19.9 Å². The van der Waals surface area contributed by atoms with Crippen molar-refractivity contribution in [2.24, 2.45) is 11.8 Å². The molecule has 4 aliphatic rings. The first kappa shape index (κ1) is 20.6. The number of aliphatic hydroxyl groups is 1. The summed E-state index contributed by atoms with van der Waals surface area (Å²) in [5.41, 5.74) is 0. The lowest BCUT2D eigenvalue weighted by Crippen LogP contribution is -2.56. The van der Waals surface area contributed by atoms with E-state index in [9.17, 15) is 9.90 Å². The zero-order valence-corrected chi connectivity index (χ0v) is 17.2. The number of amides is 1. The highest BCUT2D eigenvalue weighted by molar-refractivity contribution is 5.76. The van der Waals surface area contributed by atoms with Crippen LogP contribution in [0.1, 0.15) is 64.2 Å². The molecular formula is C22H38N2O4. The molecule has 0 aromatic carbocycles. The Bertz CT molecular complexity index is 507. The molecule has 6 heteroatoms. The van der Waals surface area contributed by atoms with Crippen LogP contribution in [0.2, 0.25) is 0 Å². The van der Waals surface area contributed by atoms with Crippen molar-refractivity contribution in [2.75, 3.05) is 32.8 Å². The van der Waals surface area contributed by atoms with Crippen LogP contribution in [0.3, 0.4) is 0 Å². The molecule has 0 aromatic heterocycles. The molecule has 0 bridgehead atoms. The number of carbonyl (C=O) groups excluding carboxylic acids is 1. The Hall–Kier alpha value is -0.690. The SMILES string of the molecule is O=C(C[C@H]1CC[C@H]2[C@@H](COC[C@H](O)CN2CC2CCCCC2)O1)NCC1CC1. The molecule has 6 nitrogen and oxygen atoms in total. The van der Waals surface area contributed by atoms with Gasteiger partial charge in [0.25, 0.3) is 0 Å². The summed E-state index contributed by atoms with van der Waals surface area (Å²) < 4.78 is 12.1. The second-order valence-electron chi connectivity index (χ2n) is 9.54. The van der Waals surface area contributed by atoms with Gasteiger partial charge in [0.2, 0.25) is 5.91 Å². The zero-order chi connectivity index (χ0) is 19.3. The molecule has 2 aliphatic carbocycles. The van der Waals surface area contributed by atoms with Crippen LogP contribution in [0.5, 0.6) is 0 Å². The van der Waals surface area contributed by atoms with E-state index in [0.717, 1.165) is 31.8 Å². The van der Waals surface area contributed by atoms with Crippen LogP contribution in [0.25, 0.3) is 0 Å². The van der Waals surface area contributed by atoms with E-state index in [0.29, 0.717) is 38.1 Å². The highest BCUT2D eigenvalue weighted by atomic mass is 16.5. The molecule has 1 amide bonds. The molecule has 0 spiro atoms. The molecular weight excluding hydrogens is 356 g/mol. The molecule has 4 atom stereocenters. The summed E-state index contributed by atoms with van der Waals surface area (Å²) >= 11 is 0. The fourth-order valence-corrected chi connectivity index (χ4v) is 5.22. The van der Waals surface area contributed by atoms with Gasteiger partial charge in [-0.2, -0.15) is 0 Å². The van der Waals surface area contributed by atoms with Gasteiger partial charge in [0.1, 0.15) is 0 Å². The third-order valence-corrected chi connectivity index (χ3v) is 7.00. The second-order valence-corrected chi connectivity index (χ2v) is 9.54. The van der Waals surface area contributed by atoms with Crippen molar-refractivity contribution in [1.29, 1.82) is 0 Å². The summed E-state index contributed by atoms with van der Waals surface area (Å²) in [6.45, 7) is 3.46. The van der Waals surface area contributed by atoms with Crippen molar-refractivity contribution >= 4 is 5.91 Å². The number of ether oxygens (including phenoxy) is 2. The van der Waals surface area contributed by atoms with Crippen molar-refractivity contribution in [3.8, 4) is 0 Å². The van der Waals surface area contributed by atoms with E-state index in [1.165, 1.54) is 44.9 Å². The Morgan fingerprint density at radius 1 is 1.00 bits per heavy atom. The first-order chi connectivity index (χ1) is 13.7. The van der Waals surface area contributed by atoms with Crippen LogP contribution >= 0.6 is 0 Å². The van der Waals surface area contributed by atoms with Crippen LogP contribution < -0.4 is 5.32 Å². The van der Waals surface area contributed by atoms with Gasteiger partial charge in [-0.3, -0.25) is 9.69 Å². The summed E-state index contributed by atoms with van der Waals surface area (Å²) in [5.74, 6) is 1.57. The minimum absolute atomic E-state index is 0.00562. The number of fused-ring (bicyclic) bond motifs is 1. The zero-order valence-electron chi connectivity index (χ0n) is 17.2. The summed E-state index contributed by atoms with van der Waals surface area (Å²) in [6, 6.07) is 0.294. The molecule has 2 heterocycles. The predicted molar refractivity (Wildman–Crippen MR) is 107 cm³/mol. The molecule has 2 aliphatic heterocycles. The molecule has 2 saturated heterocycles. The second kappa shape index (κ2) is 9.88. The van der Waals surface area contributed by atoms with Gasteiger partial charge in [0, 0.05) is 25.7 Å². The van der Waals surface area contributed by atoms with E-state index in [1.54, 1.807) is 0 Å². The Morgan fingerprint density at radius 3 is 2.61 bits per heavy atom. The van der Waals surface area contributed by atoms with Gasteiger partial charge in [-0.1, -0.05) is 19.3 Å². The number of hydrogen-bond acceptors (Lipinski definition) is 5. The topological polar surface area (TPSA) is 71.0 Å². The van der Waals surface area contributed by atoms with Crippen LogP contribution in [0.4, 0.5) is 0 Å². The summed E-state index contributed by atoms with van der Waals surface area (Å²) in [5, 5.41) is 13.4. The number of hydrogen-bond donors (Lipinski definition) is 2. The third kappa shape index (κ3) is 5.91. The fraction of sp³-hybridized carbons (Fsp3) is 0.955. The van der Waals surface area contributed by atoms with E-state index in [2.05, 4.69) is 10.2 Å². The number of rotatable bonds is 6. The average molecular weight is 395 g/mol. The Kier molecular flexibility index (Phi) is 7.26. The third-order valence-electron chi connectivity index (χ3n) is 7.00. The highest BCUT2D eigenvalue weighted by Gasteiger charge is 2.38. The molecule has 2 N–H and O–H groups in total. The smallest absolute Gasteiger partial charge is 0.222 e. The van der Waals surface area contributed by atoms with Gasteiger partial charge in [-0.05, 0) is 50.4 Å². The molecule has 2 saturated carbocycles. The molecule has 0 aromatic rings. The normalized spacial score (nSPS) is 35.6. The fourth-order valence-electron chi connectivity index (χ4n) is 5.22. The van der Waals surface area contributed by atoms with Crippen LogP contribution in [0.15, 0.2) is 0 Å². The molecule has 160 valence electrons.